The van der Waals surface area contributed by atoms with Crippen LogP contribution < -0.4 is 9.47 Å². The van der Waals surface area contributed by atoms with Crippen molar-refractivity contribution in [3.63, 3.8) is 0 Å². The number of hydrogen-bond donors (Lipinski definition) is 1. The first-order chi connectivity index (χ1) is 20.6. The number of aromatic nitrogens is 1. The number of nitro benzene ring substituents is 1. The van der Waals surface area contributed by atoms with Crippen molar-refractivity contribution in [3.8, 4) is 11.5 Å². The second-order valence-electron chi connectivity index (χ2n) is 10.3. The average molecular weight is 627 g/mol. The van der Waals surface area contributed by atoms with Crippen LogP contribution in [0.15, 0.2) is 71.8 Å². The Hall–Kier alpha value is -4.13. The number of nitrogens with zero attached hydrogens (tertiary/aromatic N) is 3. The van der Waals surface area contributed by atoms with Gasteiger partial charge in [0, 0.05) is 42.3 Å². The summed E-state index contributed by atoms with van der Waals surface area (Å²) in [6.07, 6.45) is 3.63. The van der Waals surface area contributed by atoms with Crippen molar-refractivity contribution in [1.82, 2.24) is 14.2 Å². The number of H-pyrrole nitrogens is 1. The van der Waals surface area contributed by atoms with Crippen molar-refractivity contribution >= 4 is 44.1 Å². The van der Waals surface area contributed by atoms with E-state index in [0.717, 1.165) is 32.4 Å². The van der Waals surface area contributed by atoms with Gasteiger partial charge in [-0.15, -0.1) is 0 Å². The summed E-state index contributed by atoms with van der Waals surface area (Å²) >= 11 is 5.92. The molecule has 0 unspecified atom stereocenters. The second-order valence-corrected chi connectivity index (χ2v) is 12.6. The van der Waals surface area contributed by atoms with Gasteiger partial charge in [0.15, 0.2) is 11.5 Å². The molecule has 1 N–H and O–H groups in total. The van der Waals surface area contributed by atoms with Crippen molar-refractivity contribution in [3.05, 3.63) is 93.1 Å². The summed E-state index contributed by atoms with van der Waals surface area (Å²) in [4.78, 5) is 29.2. The molecule has 0 saturated heterocycles. The van der Waals surface area contributed by atoms with Gasteiger partial charge in [-0.05, 0) is 60.7 Å². The number of methoxy groups -OCH3 is 2. The van der Waals surface area contributed by atoms with E-state index < -0.39 is 33.1 Å². The lowest BCUT2D eigenvalue weighted by Gasteiger charge is -2.28. The average Bonchev–Trinajstić information content (AvgIpc) is 3.76. The van der Waals surface area contributed by atoms with E-state index in [4.69, 9.17) is 21.1 Å². The first-order valence-corrected chi connectivity index (χ1v) is 15.4. The SMILES string of the molecule is COc1ccc(CN(CCc2c[nH]c3ccccc23)C(=O)CN(C2CC2)S(=O)(=O)c2ccc(Cl)c([N+](=O)[O-])c2)cc1OC. The Labute approximate surface area is 254 Å². The summed E-state index contributed by atoms with van der Waals surface area (Å²) in [6, 6.07) is 16.2. The van der Waals surface area contributed by atoms with Gasteiger partial charge in [-0.3, -0.25) is 14.9 Å². The summed E-state index contributed by atoms with van der Waals surface area (Å²) in [5.74, 6) is 0.662. The predicted molar refractivity (Wildman–Crippen MR) is 162 cm³/mol. The van der Waals surface area contributed by atoms with Crippen LogP contribution in [0.1, 0.15) is 24.0 Å². The van der Waals surface area contributed by atoms with E-state index in [2.05, 4.69) is 4.98 Å². The monoisotopic (exact) mass is 626 g/mol. The van der Waals surface area contributed by atoms with E-state index in [9.17, 15) is 23.3 Å². The molecule has 11 nitrogen and oxygen atoms in total. The minimum Gasteiger partial charge on any atom is -0.493 e. The lowest BCUT2D eigenvalue weighted by molar-refractivity contribution is -0.384. The normalized spacial score (nSPS) is 13.3. The summed E-state index contributed by atoms with van der Waals surface area (Å²) < 4.78 is 39.4. The van der Waals surface area contributed by atoms with Crippen LogP contribution in [0.5, 0.6) is 11.5 Å². The molecule has 226 valence electrons. The van der Waals surface area contributed by atoms with Crippen LogP contribution in [0, 0.1) is 10.1 Å². The molecule has 3 aromatic carbocycles. The summed E-state index contributed by atoms with van der Waals surface area (Å²) in [5, 5.41) is 12.3. The molecular weight excluding hydrogens is 596 g/mol. The molecule has 0 atom stereocenters. The van der Waals surface area contributed by atoms with Crippen LogP contribution in [0.3, 0.4) is 0 Å². The highest BCUT2D eigenvalue weighted by Crippen LogP contribution is 2.35. The van der Waals surface area contributed by atoms with E-state index in [0.29, 0.717) is 37.3 Å². The Morgan fingerprint density at radius 2 is 1.81 bits per heavy atom. The summed E-state index contributed by atoms with van der Waals surface area (Å²) in [6.45, 7) is 0.108. The number of aromatic amines is 1. The predicted octanol–water partition coefficient (Wildman–Crippen LogP) is 5.17. The Morgan fingerprint density at radius 1 is 1.07 bits per heavy atom. The molecule has 0 aliphatic heterocycles. The summed E-state index contributed by atoms with van der Waals surface area (Å²) in [5.41, 5.74) is 2.27. The van der Waals surface area contributed by atoms with Crippen molar-refractivity contribution in [1.29, 1.82) is 0 Å². The number of nitrogens with one attached hydrogen (secondary N) is 1. The molecule has 1 fully saturated rings. The van der Waals surface area contributed by atoms with Crippen LogP contribution in [-0.2, 0) is 27.8 Å². The lowest BCUT2D eigenvalue weighted by atomic mass is 10.1. The minimum atomic E-state index is -4.24. The number of amides is 1. The highest BCUT2D eigenvalue weighted by atomic mass is 35.5. The molecule has 1 saturated carbocycles. The van der Waals surface area contributed by atoms with Gasteiger partial charge in [0.2, 0.25) is 15.9 Å². The minimum absolute atomic E-state index is 0.170. The molecule has 1 aliphatic carbocycles. The Morgan fingerprint density at radius 3 is 2.51 bits per heavy atom. The fourth-order valence-electron chi connectivity index (χ4n) is 5.02. The van der Waals surface area contributed by atoms with Gasteiger partial charge in [-0.25, -0.2) is 8.42 Å². The first-order valence-electron chi connectivity index (χ1n) is 13.6. The molecule has 1 amide bonds. The van der Waals surface area contributed by atoms with Gasteiger partial charge in [0.05, 0.1) is 30.6 Å². The number of nitro groups is 1. The van der Waals surface area contributed by atoms with E-state index in [-0.39, 0.29) is 22.5 Å². The van der Waals surface area contributed by atoms with Crippen LogP contribution in [0.25, 0.3) is 10.9 Å². The van der Waals surface area contributed by atoms with Crippen molar-refractivity contribution < 1.29 is 27.6 Å². The van der Waals surface area contributed by atoms with Gasteiger partial charge < -0.3 is 19.4 Å². The summed E-state index contributed by atoms with van der Waals surface area (Å²) in [7, 11) is -1.17. The van der Waals surface area contributed by atoms with Crippen molar-refractivity contribution in [2.45, 2.75) is 36.7 Å². The fraction of sp³-hybridized carbons (Fsp3) is 0.300. The Bertz CT molecular complexity index is 1770. The number of benzene rings is 3. The number of para-hydroxylation sites is 1. The van der Waals surface area contributed by atoms with Gasteiger partial charge in [-0.1, -0.05) is 35.9 Å². The standard InChI is InChI=1S/C30H31ClN4O7S/c1-41-28-12-7-20(15-29(28)42-2)18-33(14-13-21-17-32-26-6-4-3-5-24(21)26)30(36)19-34(22-8-9-22)43(39,40)23-10-11-25(31)27(16-23)35(37)38/h3-7,10-12,15-17,22,32H,8-9,13-14,18-19H2,1-2H3. The van der Waals surface area contributed by atoms with Crippen molar-refractivity contribution in [2.24, 2.45) is 0 Å². The van der Waals surface area contributed by atoms with Crippen LogP contribution in [0.4, 0.5) is 5.69 Å². The van der Waals surface area contributed by atoms with E-state index in [1.807, 2.05) is 36.5 Å². The van der Waals surface area contributed by atoms with Gasteiger partial charge in [0.1, 0.15) is 5.02 Å². The van der Waals surface area contributed by atoms with E-state index in [1.165, 1.54) is 26.4 Å². The smallest absolute Gasteiger partial charge is 0.289 e. The molecule has 1 aromatic heterocycles. The zero-order chi connectivity index (χ0) is 30.7. The van der Waals surface area contributed by atoms with Crippen molar-refractivity contribution in [2.75, 3.05) is 27.3 Å². The highest BCUT2D eigenvalue weighted by molar-refractivity contribution is 7.89. The first kappa shape index (κ1) is 30.3. The number of carbonyl (C=O) groups is 1. The van der Waals surface area contributed by atoms with Crippen LogP contribution >= 0.6 is 11.6 Å². The number of fused-ring (bicyclic) bond motifs is 1. The topological polar surface area (TPSA) is 135 Å². The number of ether oxygens (including phenoxy) is 2. The highest BCUT2D eigenvalue weighted by Gasteiger charge is 2.40. The molecule has 0 bridgehead atoms. The fourth-order valence-corrected chi connectivity index (χ4v) is 6.86. The number of carbonyl (C=O) groups excluding carboxylic acids is 1. The number of sulfonamides is 1. The maximum absolute atomic E-state index is 13.9. The third kappa shape index (κ3) is 6.61. The third-order valence-corrected chi connectivity index (χ3v) is 9.68. The lowest BCUT2D eigenvalue weighted by Crippen LogP contribution is -2.44. The number of halogens is 1. The van der Waals surface area contributed by atoms with Gasteiger partial charge in [0.25, 0.3) is 5.69 Å². The van der Waals surface area contributed by atoms with Crippen LogP contribution in [-0.4, -0.2) is 66.8 Å². The van der Waals surface area contributed by atoms with Gasteiger partial charge in [-0.2, -0.15) is 4.31 Å². The largest absolute Gasteiger partial charge is 0.493 e. The Kier molecular flexibility index (Phi) is 8.90. The third-order valence-electron chi connectivity index (χ3n) is 7.47. The molecule has 43 heavy (non-hydrogen) atoms. The van der Waals surface area contributed by atoms with E-state index in [1.54, 1.807) is 17.0 Å². The van der Waals surface area contributed by atoms with Crippen LogP contribution in [0.2, 0.25) is 5.02 Å². The molecule has 13 heteroatoms. The zero-order valence-corrected chi connectivity index (χ0v) is 25.2. The molecular formula is C30H31ClN4O7S. The number of hydrogen-bond acceptors (Lipinski definition) is 7. The number of rotatable bonds is 13. The quantitative estimate of drug-likeness (QED) is 0.160. The maximum Gasteiger partial charge on any atom is 0.289 e. The van der Waals surface area contributed by atoms with Gasteiger partial charge >= 0.3 is 0 Å². The maximum atomic E-state index is 13.9. The molecule has 5 rings (SSSR count). The molecule has 4 aromatic rings. The molecule has 1 heterocycles. The van der Waals surface area contributed by atoms with E-state index >= 15 is 0 Å². The second kappa shape index (κ2) is 12.6. The molecule has 0 radical (unpaired) electrons. The Balaban J connectivity index is 1.43. The molecule has 1 aliphatic rings. The zero-order valence-electron chi connectivity index (χ0n) is 23.7. The molecule has 0 spiro atoms.